The summed E-state index contributed by atoms with van der Waals surface area (Å²) in [6.07, 6.45) is 1.70. The van der Waals surface area contributed by atoms with Crippen LogP contribution in [0.15, 0.2) is 47.4 Å². The molecule has 5 nitrogen and oxygen atoms in total. The Balaban J connectivity index is 1.86. The molecule has 0 atom stereocenters. The van der Waals surface area contributed by atoms with Crippen LogP contribution in [0.4, 0.5) is 5.69 Å². The zero-order valence-corrected chi connectivity index (χ0v) is 15.4. The summed E-state index contributed by atoms with van der Waals surface area (Å²) in [4.78, 5) is 12.3. The van der Waals surface area contributed by atoms with E-state index < -0.39 is 10.0 Å². The van der Waals surface area contributed by atoms with Crippen molar-refractivity contribution in [3.8, 4) is 0 Å². The molecule has 1 fully saturated rings. The van der Waals surface area contributed by atoms with Crippen molar-refractivity contribution in [2.75, 3.05) is 18.4 Å². The van der Waals surface area contributed by atoms with Crippen molar-refractivity contribution in [2.24, 2.45) is 0 Å². The van der Waals surface area contributed by atoms with Crippen LogP contribution in [0.2, 0.25) is 5.02 Å². The van der Waals surface area contributed by atoms with Crippen molar-refractivity contribution in [3.05, 3.63) is 58.6 Å². The van der Waals surface area contributed by atoms with Gasteiger partial charge in [-0.1, -0.05) is 29.3 Å². The van der Waals surface area contributed by atoms with Gasteiger partial charge in [0.25, 0.3) is 5.91 Å². The molecule has 0 spiro atoms. The zero-order chi connectivity index (χ0) is 18.0. The molecule has 1 amide bonds. The summed E-state index contributed by atoms with van der Waals surface area (Å²) in [7, 11) is -3.65. The van der Waals surface area contributed by atoms with E-state index in [2.05, 4.69) is 5.32 Å². The van der Waals surface area contributed by atoms with Crippen LogP contribution in [0.5, 0.6) is 0 Å². The van der Waals surface area contributed by atoms with E-state index in [9.17, 15) is 13.2 Å². The van der Waals surface area contributed by atoms with E-state index in [1.54, 1.807) is 18.2 Å². The molecule has 0 saturated carbocycles. The smallest absolute Gasteiger partial charge is 0.255 e. The van der Waals surface area contributed by atoms with E-state index in [1.807, 2.05) is 19.1 Å². The fraction of sp³-hybridized carbons (Fsp3) is 0.278. The van der Waals surface area contributed by atoms with Gasteiger partial charge in [-0.05, 0) is 50.1 Å². The molecule has 1 aliphatic heterocycles. The summed E-state index contributed by atoms with van der Waals surface area (Å²) in [5, 5.41) is 2.88. The second-order valence-corrected chi connectivity index (χ2v) is 8.39. The van der Waals surface area contributed by atoms with E-state index in [0.29, 0.717) is 24.3 Å². The van der Waals surface area contributed by atoms with Crippen LogP contribution in [-0.4, -0.2) is 31.7 Å². The number of amides is 1. The number of hydrogen-bond acceptors (Lipinski definition) is 3. The summed E-state index contributed by atoms with van der Waals surface area (Å²) in [5.74, 6) is -0.299. The fourth-order valence-corrected chi connectivity index (χ4v) is 4.77. The van der Waals surface area contributed by atoms with Gasteiger partial charge in [0.2, 0.25) is 10.0 Å². The number of nitrogens with zero attached hydrogens (tertiary/aromatic N) is 1. The molecule has 1 saturated heterocycles. The van der Waals surface area contributed by atoms with Crippen LogP contribution in [0.3, 0.4) is 0 Å². The number of carbonyl (C=O) groups is 1. The minimum Gasteiger partial charge on any atom is -0.322 e. The summed E-state index contributed by atoms with van der Waals surface area (Å²) < 4.78 is 26.9. The number of hydrogen-bond donors (Lipinski definition) is 1. The minimum absolute atomic E-state index is 0.0257. The number of benzene rings is 2. The van der Waals surface area contributed by atoms with Crippen LogP contribution in [0.25, 0.3) is 0 Å². The van der Waals surface area contributed by atoms with E-state index in [0.717, 1.165) is 18.4 Å². The Morgan fingerprint density at radius 1 is 1.08 bits per heavy atom. The van der Waals surface area contributed by atoms with Gasteiger partial charge in [-0.25, -0.2) is 8.42 Å². The average molecular weight is 379 g/mol. The molecule has 3 rings (SSSR count). The Bertz CT molecular complexity index is 889. The summed E-state index contributed by atoms with van der Waals surface area (Å²) in [6.45, 7) is 2.94. The molecule has 1 N–H and O–H groups in total. The number of anilines is 1. The normalized spacial score (nSPS) is 15.3. The van der Waals surface area contributed by atoms with Gasteiger partial charge in [-0.3, -0.25) is 4.79 Å². The maximum absolute atomic E-state index is 12.7. The van der Waals surface area contributed by atoms with Crippen molar-refractivity contribution in [2.45, 2.75) is 24.7 Å². The highest BCUT2D eigenvalue weighted by Crippen LogP contribution is 2.29. The zero-order valence-electron chi connectivity index (χ0n) is 13.8. The lowest BCUT2D eigenvalue weighted by Gasteiger charge is -2.17. The Hall–Kier alpha value is -1.89. The Morgan fingerprint density at radius 3 is 2.36 bits per heavy atom. The molecule has 2 aromatic carbocycles. The molecule has 1 heterocycles. The third-order valence-corrected chi connectivity index (χ3v) is 6.57. The Morgan fingerprint density at radius 2 is 1.72 bits per heavy atom. The highest BCUT2D eigenvalue weighted by molar-refractivity contribution is 7.89. The molecule has 1 aliphatic rings. The molecular weight excluding hydrogens is 360 g/mol. The molecule has 0 bridgehead atoms. The number of aryl methyl sites for hydroxylation is 1. The van der Waals surface area contributed by atoms with Crippen molar-refractivity contribution >= 4 is 33.2 Å². The molecule has 132 valence electrons. The third-order valence-electron chi connectivity index (χ3n) is 4.19. The second-order valence-electron chi connectivity index (χ2n) is 6.08. The van der Waals surface area contributed by atoms with Gasteiger partial charge >= 0.3 is 0 Å². The van der Waals surface area contributed by atoms with E-state index in [4.69, 9.17) is 11.6 Å². The van der Waals surface area contributed by atoms with Crippen LogP contribution < -0.4 is 5.32 Å². The first kappa shape index (κ1) is 17.9. The van der Waals surface area contributed by atoms with Gasteiger partial charge in [-0.2, -0.15) is 4.31 Å². The maximum atomic E-state index is 12.7. The van der Waals surface area contributed by atoms with E-state index in [-0.39, 0.29) is 15.8 Å². The molecule has 25 heavy (non-hydrogen) atoms. The van der Waals surface area contributed by atoms with Gasteiger partial charge in [0.05, 0.1) is 5.02 Å². The molecule has 2 aromatic rings. The maximum Gasteiger partial charge on any atom is 0.255 e. The predicted molar refractivity (Wildman–Crippen MR) is 98.6 cm³/mol. The van der Waals surface area contributed by atoms with E-state index in [1.165, 1.54) is 16.4 Å². The Labute approximate surface area is 152 Å². The quantitative estimate of drug-likeness (QED) is 0.882. The number of halogens is 1. The molecular formula is C18H19ClN2O3S. The van der Waals surface area contributed by atoms with Crippen molar-refractivity contribution in [1.82, 2.24) is 4.31 Å². The van der Waals surface area contributed by atoms with Crippen LogP contribution >= 0.6 is 11.6 Å². The topological polar surface area (TPSA) is 66.5 Å². The van der Waals surface area contributed by atoms with Crippen LogP contribution in [0.1, 0.15) is 28.8 Å². The molecule has 0 aromatic heterocycles. The lowest BCUT2D eigenvalue weighted by Crippen LogP contribution is -2.28. The third kappa shape index (κ3) is 3.86. The molecule has 0 radical (unpaired) electrons. The first-order chi connectivity index (χ1) is 11.9. The summed E-state index contributed by atoms with van der Waals surface area (Å²) >= 11 is 6.11. The first-order valence-corrected chi connectivity index (χ1v) is 9.87. The fourth-order valence-electron chi connectivity index (χ4n) is 2.75. The molecule has 7 heteroatoms. The first-order valence-electron chi connectivity index (χ1n) is 8.05. The standard InChI is InChI=1S/C18H19ClN2O3S/c1-13-4-6-14(7-5-13)18(22)20-15-8-9-16(19)17(12-15)25(23,24)21-10-2-3-11-21/h4-9,12H,2-3,10-11H2,1H3,(H,20,22). The van der Waals surface area contributed by atoms with Crippen LogP contribution in [-0.2, 0) is 10.0 Å². The van der Waals surface area contributed by atoms with Gasteiger partial charge < -0.3 is 5.32 Å². The van der Waals surface area contributed by atoms with Gasteiger partial charge in [-0.15, -0.1) is 0 Å². The number of carbonyl (C=O) groups excluding carboxylic acids is 1. The summed E-state index contributed by atoms with van der Waals surface area (Å²) in [5.41, 5.74) is 1.96. The van der Waals surface area contributed by atoms with Gasteiger partial charge in [0, 0.05) is 24.3 Å². The van der Waals surface area contributed by atoms with Crippen LogP contribution in [0, 0.1) is 6.92 Å². The highest BCUT2D eigenvalue weighted by Gasteiger charge is 2.29. The number of nitrogens with one attached hydrogen (secondary N) is 1. The van der Waals surface area contributed by atoms with Crippen molar-refractivity contribution in [1.29, 1.82) is 0 Å². The van der Waals surface area contributed by atoms with Gasteiger partial charge in [0.15, 0.2) is 0 Å². The number of rotatable bonds is 4. The monoisotopic (exact) mass is 378 g/mol. The van der Waals surface area contributed by atoms with Gasteiger partial charge in [0.1, 0.15) is 4.90 Å². The van der Waals surface area contributed by atoms with E-state index >= 15 is 0 Å². The van der Waals surface area contributed by atoms with Crippen molar-refractivity contribution < 1.29 is 13.2 Å². The second kappa shape index (κ2) is 7.15. The summed E-state index contributed by atoms with van der Waals surface area (Å²) in [6, 6.07) is 11.7. The SMILES string of the molecule is Cc1ccc(C(=O)Nc2ccc(Cl)c(S(=O)(=O)N3CCCC3)c2)cc1. The predicted octanol–water partition coefficient (Wildman–Crippen LogP) is 3.69. The largest absolute Gasteiger partial charge is 0.322 e. The minimum atomic E-state index is -3.65. The highest BCUT2D eigenvalue weighted by atomic mass is 35.5. The molecule has 0 unspecified atom stereocenters. The lowest BCUT2D eigenvalue weighted by atomic mass is 10.1. The average Bonchev–Trinajstić information content (AvgIpc) is 3.12. The van der Waals surface area contributed by atoms with Crippen molar-refractivity contribution in [3.63, 3.8) is 0 Å². The molecule has 0 aliphatic carbocycles. The number of sulfonamides is 1. The lowest BCUT2D eigenvalue weighted by molar-refractivity contribution is 0.102. The Kier molecular flexibility index (Phi) is 5.13.